The fraction of sp³-hybridized carbons (Fsp3) is 0.500. The van der Waals surface area contributed by atoms with Gasteiger partial charge in [0.25, 0.3) is 5.91 Å². The van der Waals surface area contributed by atoms with Crippen LogP contribution in [0, 0.1) is 6.92 Å². The maximum absolute atomic E-state index is 12.7. The van der Waals surface area contributed by atoms with Crippen molar-refractivity contribution in [2.45, 2.75) is 50.7 Å². The van der Waals surface area contributed by atoms with Gasteiger partial charge >= 0.3 is 0 Å². The number of hydrogen-bond donors (Lipinski definition) is 1. The molecule has 3 heterocycles. The summed E-state index contributed by atoms with van der Waals surface area (Å²) in [5.74, 6) is 0.754. The van der Waals surface area contributed by atoms with E-state index >= 15 is 0 Å². The van der Waals surface area contributed by atoms with Crippen molar-refractivity contribution in [3.8, 4) is 0 Å². The van der Waals surface area contributed by atoms with E-state index in [2.05, 4.69) is 20.5 Å². The summed E-state index contributed by atoms with van der Waals surface area (Å²) >= 11 is 0. The normalized spacial score (nSPS) is 23.2. The molecule has 2 atom stereocenters. The van der Waals surface area contributed by atoms with Gasteiger partial charge in [-0.1, -0.05) is 0 Å². The van der Waals surface area contributed by atoms with Crippen LogP contribution in [0.5, 0.6) is 0 Å². The van der Waals surface area contributed by atoms with Gasteiger partial charge in [-0.05, 0) is 32.3 Å². The highest BCUT2D eigenvalue weighted by Gasteiger charge is 2.46. The molecule has 1 aliphatic carbocycles. The van der Waals surface area contributed by atoms with Gasteiger partial charge in [0.05, 0.1) is 23.5 Å². The summed E-state index contributed by atoms with van der Waals surface area (Å²) in [6, 6.07) is 1.54. The van der Waals surface area contributed by atoms with Gasteiger partial charge in [-0.2, -0.15) is 10.2 Å². The van der Waals surface area contributed by atoms with Gasteiger partial charge in [-0.15, -0.1) is 0 Å². The van der Waals surface area contributed by atoms with Crippen molar-refractivity contribution in [2.24, 2.45) is 7.05 Å². The second-order valence-corrected chi connectivity index (χ2v) is 7.08. The number of likely N-dealkylation sites (tertiary alicyclic amines) is 1. The minimum absolute atomic E-state index is 0.146. The molecular formula is C18H22N6O2. The molecule has 0 bridgehead atoms. The van der Waals surface area contributed by atoms with Gasteiger partial charge < -0.3 is 14.8 Å². The first kappa shape index (κ1) is 16.7. The fourth-order valence-corrected chi connectivity index (χ4v) is 3.67. The van der Waals surface area contributed by atoms with E-state index < -0.39 is 0 Å². The van der Waals surface area contributed by atoms with Crippen molar-refractivity contribution < 1.29 is 9.59 Å². The minimum Gasteiger partial charge on any atom is -0.347 e. The van der Waals surface area contributed by atoms with E-state index in [1.54, 1.807) is 19.2 Å². The highest BCUT2D eigenvalue weighted by Crippen LogP contribution is 2.40. The third-order valence-corrected chi connectivity index (χ3v) is 5.06. The third kappa shape index (κ3) is 3.07. The summed E-state index contributed by atoms with van der Waals surface area (Å²) in [4.78, 5) is 31.7. The number of aryl methyl sites for hydroxylation is 2. The highest BCUT2D eigenvalue weighted by molar-refractivity contribution is 5.94. The first-order chi connectivity index (χ1) is 12.5. The molecule has 1 saturated heterocycles. The van der Waals surface area contributed by atoms with E-state index in [1.165, 1.54) is 6.20 Å². The zero-order valence-electron chi connectivity index (χ0n) is 14.9. The molecule has 2 amide bonds. The molecule has 8 heteroatoms. The molecule has 2 aromatic rings. The van der Waals surface area contributed by atoms with Gasteiger partial charge in [0.1, 0.15) is 11.9 Å². The Kier molecular flexibility index (Phi) is 4.18. The Morgan fingerprint density at radius 3 is 2.77 bits per heavy atom. The standard InChI is InChI=1S/C18H22N6O2/c1-11-9-12(10-20-22-11)18(26)21-14-5-6-15(25)24(13-3-4-13)16(14)17-19-7-8-23(17)2/h7-10,13-14,16H,3-6H2,1-2H3,(H,21,26)/t14-,16-/m1/s1. The lowest BCUT2D eigenvalue weighted by atomic mass is 9.94. The van der Waals surface area contributed by atoms with Gasteiger partial charge in [0.2, 0.25) is 5.91 Å². The smallest absolute Gasteiger partial charge is 0.253 e. The number of nitrogens with one attached hydrogen (secondary N) is 1. The van der Waals surface area contributed by atoms with Crippen LogP contribution >= 0.6 is 0 Å². The Hall–Kier alpha value is -2.77. The Morgan fingerprint density at radius 1 is 1.31 bits per heavy atom. The molecule has 2 fully saturated rings. The second-order valence-electron chi connectivity index (χ2n) is 7.08. The van der Waals surface area contributed by atoms with Crippen LogP contribution in [-0.2, 0) is 11.8 Å². The summed E-state index contributed by atoms with van der Waals surface area (Å²) in [5.41, 5.74) is 1.17. The molecule has 0 spiro atoms. The van der Waals surface area contributed by atoms with Crippen LogP contribution in [0.2, 0.25) is 0 Å². The summed E-state index contributed by atoms with van der Waals surface area (Å²) in [5, 5.41) is 10.9. The first-order valence-corrected chi connectivity index (χ1v) is 8.93. The first-order valence-electron chi connectivity index (χ1n) is 8.93. The Morgan fingerprint density at radius 2 is 2.12 bits per heavy atom. The van der Waals surface area contributed by atoms with Crippen molar-refractivity contribution >= 4 is 11.8 Å². The van der Waals surface area contributed by atoms with Gasteiger partial charge in [-0.3, -0.25) is 9.59 Å². The largest absolute Gasteiger partial charge is 0.347 e. The number of piperidine rings is 1. The number of nitrogens with zero attached hydrogens (tertiary/aromatic N) is 5. The van der Waals surface area contributed by atoms with Crippen molar-refractivity contribution in [2.75, 3.05) is 0 Å². The lowest BCUT2D eigenvalue weighted by molar-refractivity contribution is -0.138. The highest BCUT2D eigenvalue weighted by atomic mass is 16.2. The van der Waals surface area contributed by atoms with Crippen LogP contribution in [0.1, 0.15) is 53.6 Å². The van der Waals surface area contributed by atoms with E-state index in [4.69, 9.17) is 0 Å². The zero-order valence-corrected chi connectivity index (χ0v) is 14.9. The van der Waals surface area contributed by atoms with Crippen molar-refractivity contribution in [3.63, 3.8) is 0 Å². The summed E-state index contributed by atoms with van der Waals surface area (Å²) in [6.07, 6.45) is 8.13. The second kappa shape index (κ2) is 6.51. The number of hydrogen-bond acceptors (Lipinski definition) is 5. The average Bonchev–Trinajstić information content (AvgIpc) is 3.37. The summed E-state index contributed by atoms with van der Waals surface area (Å²) in [6.45, 7) is 1.80. The predicted octanol–water partition coefficient (Wildman–Crippen LogP) is 1.14. The van der Waals surface area contributed by atoms with Crippen molar-refractivity contribution in [1.82, 2.24) is 30.0 Å². The molecule has 1 aliphatic heterocycles. The van der Waals surface area contributed by atoms with E-state index in [-0.39, 0.29) is 29.9 Å². The molecule has 136 valence electrons. The molecule has 0 radical (unpaired) electrons. The fourth-order valence-electron chi connectivity index (χ4n) is 3.67. The number of rotatable bonds is 4. The number of carbonyl (C=O) groups is 2. The topological polar surface area (TPSA) is 93.0 Å². The lowest BCUT2D eigenvalue weighted by Gasteiger charge is -2.41. The third-order valence-electron chi connectivity index (χ3n) is 5.06. The molecule has 8 nitrogen and oxygen atoms in total. The molecule has 1 N–H and O–H groups in total. The van der Waals surface area contributed by atoms with Crippen LogP contribution in [-0.4, -0.2) is 48.5 Å². The van der Waals surface area contributed by atoms with E-state index in [0.29, 0.717) is 24.1 Å². The van der Waals surface area contributed by atoms with Gasteiger partial charge in [-0.25, -0.2) is 4.98 Å². The Balaban J connectivity index is 1.63. The van der Waals surface area contributed by atoms with Crippen LogP contribution in [0.25, 0.3) is 0 Å². The number of carbonyl (C=O) groups excluding carboxylic acids is 2. The summed E-state index contributed by atoms with van der Waals surface area (Å²) in [7, 11) is 1.92. The van der Waals surface area contributed by atoms with Gasteiger partial charge in [0.15, 0.2) is 0 Å². The molecule has 26 heavy (non-hydrogen) atoms. The van der Waals surface area contributed by atoms with Crippen LogP contribution < -0.4 is 5.32 Å². The molecule has 0 unspecified atom stereocenters. The predicted molar refractivity (Wildman–Crippen MR) is 93.1 cm³/mol. The quantitative estimate of drug-likeness (QED) is 0.889. The molecular weight excluding hydrogens is 332 g/mol. The molecule has 2 aromatic heterocycles. The van der Waals surface area contributed by atoms with E-state index in [9.17, 15) is 9.59 Å². The number of imidazole rings is 1. The van der Waals surface area contributed by atoms with Crippen LogP contribution in [0.3, 0.4) is 0 Å². The zero-order chi connectivity index (χ0) is 18.3. The monoisotopic (exact) mass is 354 g/mol. The number of aromatic nitrogens is 4. The summed E-state index contributed by atoms with van der Waals surface area (Å²) < 4.78 is 1.93. The maximum atomic E-state index is 12.7. The van der Waals surface area contributed by atoms with Crippen LogP contribution in [0.15, 0.2) is 24.7 Å². The van der Waals surface area contributed by atoms with Crippen LogP contribution in [0.4, 0.5) is 0 Å². The molecule has 4 rings (SSSR count). The van der Waals surface area contributed by atoms with Crippen molar-refractivity contribution in [3.05, 3.63) is 41.7 Å². The Labute approximate surface area is 151 Å². The van der Waals surface area contributed by atoms with Crippen molar-refractivity contribution in [1.29, 1.82) is 0 Å². The SMILES string of the molecule is Cc1cc(C(=O)N[C@@H]2CCC(=O)N(C3CC3)[C@H]2c2nccn2C)cnn1. The van der Waals surface area contributed by atoms with E-state index in [0.717, 1.165) is 18.7 Å². The molecule has 2 aliphatic rings. The van der Waals surface area contributed by atoms with Gasteiger partial charge in [0, 0.05) is 31.9 Å². The van der Waals surface area contributed by atoms with E-state index in [1.807, 2.05) is 22.7 Å². The average molecular weight is 354 g/mol. The molecule has 0 aromatic carbocycles. The number of amides is 2. The Bertz CT molecular complexity index is 844. The molecule has 1 saturated carbocycles. The maximum Gasteiger partial charge on any atom is 0.253 e. The minimum atomic E-state index is -0.247. The lowest BCUT2D eigenvalue weighted by Crippen LogP contribution is -2.53.